The third-order valence-corrected chi connectivity index (χ3v) is 3.75. The molecule has 0 amide bonds. The number of hydrogen-bond donors (Lipinski definition) is 0. The van der Waals surface area contributed by atoms with Crippen LogP contribution in [-0.4, -0.2) is 23.1 Å². The molecule has 0 saturated carbocycles. The number of rotatable bonds is 7. The minimum Gasteiger partial charge on any atom is -0.492 e. The fourth-order valence-corrected chi connectivity index (χ4v) is 2.49. The van der Waals surface area contributed by atoms with E-state index in [0.717, 1.165) is 6.42 Å². The molecule has 2 aromatic rings. The van der Waals surface area contributed by atoms with Gasteiger partial charge in [0.15, 0.2) is 5.78 Å². The summed E-state index contributed by atoms with van der Waals surface area (Å²) in [4.78, 5) is 16.6. The first kappa shape index (κ1) is 15.5. The summed E-state index contributed by atoms with van der Waals surface area (Å²) in [5, 5.41) is 0. The quantitative estimate of drug-likeness (QED) is 0.573. The maximum atomic E-state index is 13.5. The van der Waals surface area contributed by atoms with E-state index in [2.05, 4.69) is 4.98 Å². The number of hydrogen-bond acceptors (Lipinski definition) is 4. The smallest absolute Gasteiger partial charge is 0.174 e. The number of halogens is 1. The van der Waals surface area contributed by atoms with Gasteiger partial charge in [0.05, 0.1) is 18.6 Å². The number of ketones is 1. The first-order valence-electron chi connectivity index (χ1n) is 6.69. The number of nitrogens with zero attached hydrogens (tertiary/aromatic N) is 1. The predicted molar refractivity (Wildman–Crippen MR) is 81.5 cm³/mol. The maximum Gasteiger partial charge on any atom is 0.174 e. The molecule has 0 aliphatic heterocycles. The van der Waals surface area contributed by atoms with Gasteiger partial charge in [-0.05, 0) is 24.6 Å². The molecule has 0 unspecified atom stereocenters. The van der Waals surface area contributed by atoms with E-state index in [4.69, 9.17) is 4.74 Å². The lowest BCUT2D eigenvalue weighted by atomic mass is 10.2. The minimum atomic E-state index is -0.312. The van der Waals surface area contributed by atoms with Crippen molar-refractivity contribution in [3.8, 4) is 5.75 Å². The first-order chi connectivity index (χ1) is 10.2. The Morgan fingerprint density at radius 3 is 2.90 bits per heavy atom. The van der Waals surface area contributed by atoms with E-state index in [1.807, 2.05) is 6.92 Å². The third-order valence-electron chi connectivity index (χ3n) is 2.70. The molecule has 0 radical (unpaired) electrons. The highest BCUT2D eigenvalue weighted by Crippen LogP contribution is 2.22. The van der Waals surface area contributed by atoms with Crippen molar-refractivity contribution in [2.75, 3.05) is 12.4 Å². The van der Waals surface area contributed by atoms with Gasteiger partial charge in [0.2, 0.25) is 0 Å². The molecular weight excluding hydrogens is 289 g/mol. The normalized spacial score (nSPS) is 10.4. The number of carbonyl (C=O) groups is 1. The average molecular weight is 305 g/mol. The molecule has 0 spiro atoms. The molecule has 0 aliphatic rings. The number of pyridine rings is 1. The van der Waals surface area contributed by atoms with E-state index in [0.29, 0.717) is 22.8 Å². The lowest BCUT2D eigenvalue weighted by molar-refractivity contribution is 0.102. The zero-order valence-electron chi connectivity index (χ0n) is 11.7. The number of aromatic nitrogens is 1. The van der Waals surface area contributed by atoms with Gasteiger partial charge < -0.3 is 4.74 Å². The van der Waals surface area contributed by atoms with Crippen LogP contribution in [0.25, 0.3) is 0 Å². The SMILES string of the molecule is CCCOc1cncc(C(=O)CSc2ccccc2F)c1. The monoisotopic (exact) mass is 305 g/mol. The molecule has 110 valence electrons. The lowest BCUT2D eigenvalue weighted by Crippen LogP contribution is -2.04. The molecule has 1 heterocycles. The Morgan fingerprint density at radius 2 is 2.14 bits per heavy atom. The van der Waals surface area contributed by atoms with E-state index in [1.165, 1.54) is 24.0 Å². The van der Waals surface area contributed by atoms with Crippen molar-refractivity contribution in [1.82, 2.24) is 4.98 Å². The van der Waals surface area contributed by atoms with Gasteiger partial charge in [-0.25, -0.2) is 4.39 Å². The fraction of sp³-hybridized carbons (Fsp3) is 0.250. The summed E-state index contributed by atoms with van der Waals surface area (Å²) in [5.74, 6) is 0.338. The third kappa shape index (κ3) is 4.56. The Kier molecular flexibility index (Phi) is 5.75. The van der Waals surface area contributed by atoms with E-state index in [-0.39, 0.29) is 17.4 Å². The van der Waals surface area contributed by atoms with Gasteiger partial charge >= 0.3 is 0 Å². The Morgan fingerprint density at radius 1 is 1.33 bits per heavy atom. The molecule has 5 heteroatoms. The summed E-state index contributed by atoms with van der Waals surface area (Å²) in [6, 6.07) is 8.09. The molecule has 0 aliphatic carbocycles. The van der Waals surface area contributed by atoms with E-state index in [9.17, 15) is 9.18 Å². The second-order valence-electron chi connectivity index (χ2n) is 4.40. The Bertz CT molecular complexity index is 619. The molecule has 1 aromatic heterocycles. The number of benzene rings is 1. The Labute approximate surface area is 127 Å². The second-order valence-corrected chi connectivity index (χ2v) is 5.42. The summed E-state index contributed by atoms with van der Waals surface area (Å²) in [6.07, 6.45) is 3.97. The van der Waals surface area contributed by atoms with E-state index < -0.39 is 0 Å². The second kappa shape index (κ2) is 7.78. The van der Waals surface area contributed by atoms with Crippen LogP contribution in [0, 0.1) is 5.82 Å². The van der Waals surface area contributed by atoms with Crippen LogP contribution >= 0.6 is 11.8 Å². The van der Waals surface area contributed by atoms with Crippen LogP contribution in [0.3, 0.4) is 0 Å². The molecule has 2 rings (SSSR count). The first-order valence-corrected chi connectivity index (χ1v) is 7.67. The zero-order chi connectivity index (χ0) is 15.1. The molecule has 3 nitrogen and oxygen atoms in total. The highest BCUT2D eigenvalue weighted by atomic mass is 32.2. The Hall–Kier alpha value is -1.88. The summed E-state index contributed by atoms with van der Waals surface area (Å²) in [7, 11) is 0. The van der Waals surface area contributed by atoms with Gasteiger partial charge in [-0.15, -0.1) is 11.8 Å². The number of ether oxygens (including phenoxy) is 1. The highest BCUT2D eigenvalue weighted by molar-refractivity contribution is 8.00. The molecular formula is C16H16FNO2S. The van der Waals surface area contributed by atoms with Crippen LogP contribution in [-0.2, 0) is 0 Å². The summed E-state index contributed by atoms with van der Waals surface area (Å²) in [6.45, 7) is 2.59. The summed E-state index contributed by atoms with van der Waals surface area (Å²) >= 11 is 1.18. The zero-order valence-corrected chi connectivity index (χ0v) is 12.5. The van der Waals surface area contributed by atoms with Gasteiger partial charge in [0, 0.05) is 16.7 Å². The Balaban J connectivity index is 1.98. The topological polar surface area (TPSA) is 39.2 Å². The van der Waals surface area contributed by atoms with Crippen LogP contribution in [0.2, 0.25) is 0 Å². The van der Waals surface area contributed by atoms with Crippen LogP contribution in [0.5, 0.6) is 5.75 Å². The summed E-state index contributed by atoms with van der Waals surface area (Å²) in [5.41, 5.74) is 0.479. The lowest BCUT2D eigenvalue weighted by Gasteiger charge is -2.06. The largest absolute Gasteiger partial charge is 0.492 e. The van der Waals surface area contributed by atoms with Gasteiger partial charge in [-0.3, -0.25) is 9.78 Å². The molecule has 0 fully saturated rings. The van der Waals surface area contributed by atoms with Gasteiger partial charge in [0.25, 0.3) is 0 Å². The minimum absolute atomic E-state index is 0.0994. The fourth-order valence-electron chi connectivity index (χ4n) is 1.66. The van der Waals surface area contributed by atoms with Crippen molar-refractivity contribution in [1.29, 1.82) is 0 Å². The van der Waals surface area contributed by atoms with E-state index >= 15 is 0 Å². The predicted octanol–water partition coefficient (Wildman–Crippen LogP) is 3.98. The molecule has 0 N–H and O–H groups in total. The van der Waals surface area contributed by atoms with Crippen LogP contribution in [0.15, 0.2) is 47.6 Å². The van der Waals surface area contributed by atoms with Crippen LogP contribution in [0.4, 0.5) is 4.39 Å². The number of Topliss-reactive ketones (excluding diaryl/α,β-unsaturated/α-hetero) is 1. The van der Waals surface area contributed by atoms with Crippen molar-refractivity contribution >= 4 is 17.5 Å². The van der Waals surface area contributed by atoms with Crippen molar-refractivity contribution in [3.63, 3.8) is 0 Å². The van der Waals surface area contributed by atoms with Gasteiger partial charge in [-0.2, -0.15) is 0 Å². The van der Waals surface area contributed by atoms with Crippen molar-refractivity contribution in [2.24, 2.45) is 0 Å². The highest BCUT2D eigenvalue weighted by Gasteiger charge is 2.10. The van der Waals surface area contributed by atoms with Crippen molar-refractivity contribution in [3.05, 3.63) is 54.1 Å². The molecule has 0 saturated heterocycles. The molecule has 1 aromatic carbocycles. The van der Waals surface area contributed by atoms with Crippen LogP contribution in [0.1, 0.15) is 23.7 Å². The molecule has 21 heavy (non-hydrogen) atoms. The average Bonchev–Trinajstić information content (AvgIpc) is 2.52. The number of carbonyl (C=O) groups excluding carboxylic acids is 1. The van der Waals surface area contributed by atoms with Crippen molar-refractivity contribution in [2.45, 2.75) is 18.2 Å². The van der Waals surface area contributed by atoms with Crippen LogP contribution < -0.4 is 4.74 Å². The molecule has 0 bridgehead atoms. The van der Waals surface area contributed by atoms with Gasteiger partial charge in [-0.1, -0.05) is 19.1 Å². The molecule has 0 atom stereocenters. The standard InChI is InChI=1S/C16H16FNO2S/c1-2-7-20-13-8-12(9-18-10-13)15(19)11-21-16-6-4-3-5-14(16)17/h3-6,8-10H,2,7,11H2,1H3. The summed E-state index contributed by atoms with van der Waals surface area (Å²) < 4.78 is 18.9. The van der Waals surface area contributed by atoms with Crippen molar-refractivity contribution < 1.29 is 13.9 Å². The van der Waals surface area contributed by atoms with E-state index in [1.54, 1.807) is 30.5 Å². The number of thioether (sulfide) groups is 1. The maximum absolute atomic E-state index is 13.5. The van der Waals surface area contributed by atoms with Gasteiger partial charge in [0.1, 0.15) is 11.6 Å².